The molecule has 2 aliphatic carbocycles. The third kappa shape index (κ3) is 1.79. The van der Waals surface area contributed by atoms with Gasteiger partial charge in [0.15, 0.2) is 0 Å². The Morgan fingerprint density at radius 2 is 2.28 bits per heavy atom. The van der Waals surface area contributed by atoms with E-state index < -0.39 is 5.60 Å². The van der Waals surface area contributed by atoms with E-state index in [2.05, 4.69) is 12.0 Å². The largest absolute Gasteiger partial charge is 0.389 e. The van der Waals surface area contributed by atoms with Gasteiger partial charge in [0.2, 0.25) is 0 Å². The number of hydrogen-bond donors (Lipinski definition) is 1. The average molecular weight is 269 g/mol. The summed E-state index contributed by atoms with van der Waals surface area (Å²) in [7, 11) is 0. The van der Waals surface area contributed by atoms with Gasteiger partial charge in [0.05, 0.1) is 22.0 Å². The van der Waals surface area contributed by atoms with Gasteiger partial charge in [0.25, 0.3) is 0 Å². The maximum Gasteiger partial charge on any atom is 0.0848 e. The fraction of sp³-hybridized carbons (Fsp3) is 0.786. The number of rotatable bonds is 3. The molecule has 0 saturated heterocycles. The van der Waals surface area contributed by atoms with Crippen molar-refractivity contribution in [3.8, 4) is 0 Å². The van der Waals surface area contributed by atoms with Gasteiger partial charge in [-0.2, -0.15) is 5.10 Å². The molecule has 0 amide bonds. The van der Waals surface area contributed by atoms with Crippen molar-refractivity contribution in [2.45, 2.75) is 58.1 Å². The summed E-state index contributed by atoms with van der Waals surface area (Å²) >= 11 is 6.34. The predicted octanol–water partition coefficient (Wildman–Crippen LogP) is 2.96. The molecule has 100 valence electrons. The zero-order valence-electron chi connectivity index (χ0n) is 11.1. The molecule has 0 radical (unpaired) electrons. The summed E-state index contributed by atoms with van der Waals surface area (Å²) in [6.45, 7) is 4.81. The Labute approximate surface area is 113 Å². The van der Waals surface area contributed by atoms with Crippen molar-refractivity contribution in [3.05, 3.63) is 16.4 Å². The van der Waals surface area contributed by atoms with Gasteiger partial charge in [-0.05, 0) is 51.4 Å². The van der Waals surface area contributed by atoms with Crippen LogP contribution in [0, 0.1) is 18.8 Å². The molecule has 18 heavy (non-hydrogen) atoms. The lowest BCUT2D eigenvalue weighted by Crippen LogP contribution is -2.38. The maximum atomic E-state index is 10.9. The molecule has 2 saturated carbocycles. The zero-order chi connectivity index (χ0) is 12.9. The van der Waals surface area contributed by atoms with Gasteiger partial charge < -0.3 is 5.11 Å². The summed E-state index contributed by atoms with van der Waals surface area (Å²) in [4.78, 5) is 0. The lowest BCUT2D eigenvalue weighted by atomic mass is 9.81. The second kappa shape index (κ2) is 4.24. The minimum Gasteiger partial charge on any atom is -0.389 e. The molecule has 1 heterocycles. The lowest BCUT2D eigenvalue weighted by Gasteiger charge is -2.32. The molecule has 2 fully saturated rings. The fourth-order valence-electron chi connectivity index (χ4n) is 3.96. The zero-order valence-corrected chi connectivity index (χ0v) is 11.9. The lowest BCUT2D eigenvalue weighted by molar-refractivity contribution is -0.0141. The molecule has 2 bridgehead atoms. The fourth-order valence-corrected chi connectivity index (χ4v) is 4.16. The van der Waals surface area contributed by atoms with Crippen molar-refractivity contribution in [1.29, 1.82) is 0 Å². The van der Waals surface area contributed by atoms with E-state index in [9.17, 15) is 5.11 Å². The number of nitrogens with zero attached hydrogens (tertiary/aromatic N) is 2. The first-order valence-corrected chi connectivity index (χ1v) is 7.35. The summed E-state index contributed by atoms with van der Waals surface area (Å²) in [6.07, 6.45) is 5.29. The smallest absolute Gasteiger partial charge is 0.0848 e. The molecule has 1 aromatic rings. The Hall–Kier alpha value is -0.540. The first-order valence-electron chi connectivity index (χ1n) is 6.97. The highest BCUT2D eigenvalue weighted by Crippen LogP contribution is 2.52. The molecule has 3 unspecified atom stereocenters. The summed E-state index contributed by atoms with van der Waals surface area (Å²) in [5.74, 6) is 1.21. The van der Waals surface area contributed by atoms with Gasteiger partial charge in [-0.3, -0.25) is 4.68 Å². The molecule has 0 spiro atoms. The van der Waals surface area contributed by atoms with Gasteiger partial charge in [0.1, 0.15) is 0 Å². The molecule has 3 rings (SSSR count). The van der Waals surface area contributed by atoms with Crippen LogP contribution in [-0.4, -0.2) is 20.5 Å². The number of halogens is 1. The molecule has 0 aliphatic heterocycles. The van der Waals surface area contributed by atoms with Crippen LogP contribution in [0.25, 0.3) is 0 Å². The molecular formula is C14H21ClN2O. The second-order valence-electron chi connectivity index (χ2n) is 6.02. The summed E-state index contributed by atoms with van der Waals surface area (Å²) < 4.78 is 1.95. The molecule has 2 aliphatic rings. The maximum absolute atomic E-state index is 10.9. The summed E-state index contributed by atoms with van der Waals surface area (Å²) in [5.41, 5.74) is 1.36. The SMILES string of the molecule is CCn1nc(C)c(Cl)c1CC1(O)CC2CCC1C2. The first kappa shape index (κ1) is 12.5. The van der Waals surface area contributed by atoms with Crippen LogP contribution in [0.1, 0.15) is 44.0 Å². The van der Waals surface area contributed by atoms with E-state index in [1.165, 1.54) is 19.3 Å². The third-order valence-corrected chi connectivity index (χ3v) is 5.36. The van der Waals surface area contributed by atoms with E-state index in [4.69, 9.17) is 11.6 Å². The van der Waals surface area contributed by atoms with E-state index >= 15 is 0 Å². The number of aryl methyl sites for hydroxylation is 2. The van der Waals surface area contributed by atoms with E-state index in [0.29, 0.717) is 12.3 Å². The van der Waals surface area contributed by atoms with Crippen molar-refractivity contribution in [1.82, 2.24) is 9.78 Å². The third-order valence-electron chi connectivity index (χ3n) is 4.87. The number of aromatic nitrogens is 2. The van der Waals surface area contributed by atoms with Gasteiger partial charge >= 0.3 is 0 Å². The van der Waals surface area contributed by atoms with Crippen LogP contribution in [0.3, 0.4) is 0 Å². The van der Waals surface area contributed by atoms with Crippen molar-refractivity contribution >= 4 is 11.6 Å². The molecule has 4 heteroatoms. The highest BCUT2D eigenvalue weighted by atomic mass is 35.5. The Morgan fingerprint density at radius 3 is 2.83 bits per heavy atom. The van der Waals surface area contributed by atoms with Gasteiger partial charge in [0, 0.05) is 13.0 Å². The minimum absolute atomic E-state index is 0.471. The first-order chi connectivity index (χ1) is 8.53. The van der Waals surface area contributed by atoms with Crippen LogP contribution in [-0.2, 0) is 13.0 Å². The average Bonchev–Trinajstić information content (AvgIpc) is 2.98. The van der Waals surface area contributed by atoms with E-state index in [-0.39, 0.29) is 0 Å². The van der Waals surface area contributed by atoms with Crippen LogP contribution in [0.4, 0.5) is 0 Å². The van der Waals surface area contributed by atoms with Crippen LogP contribution >= 0.6 is 11.6 Å². The minimum atomic E-state index is -0.536. The molecule has 0 aromatic carbocycles. The molecular weight excluding hydrogens is 248 g/mol. The van der Waals surface area contributed by atoms with E-state index in [1.807, 2.05) is 11.6 Å². The summed E-state index contributed by atoms with van der Waals surface area (Å²) in [6, 6.07) is 0. The highest BCUT2D eigenvalue weighted by molar-refractivity contribution is 6.31. The van der Waals surface area contributed by atoms with Crippen molar-refractivity contribution in [2.24, 2.45) is 11.8 Å². The number of aliphatic hydroxyl groups is 1. The molecule has 3 nitrogen and oxygen atoms in total. The van der Waals surface area contributed by atoms with E-state index in [0.717, 1.165) is 35.3 Å². The quantitative estimate of drug-likeness (QED) is 0.915. The number of fused-ring (bicyclic) bond motifs is 2. The Balaban J connectivity index is 1.88. The van der Waals surface area contributed by atoms with Crippen LogP contribution < -0.4 is 0 Å². The standard InChI is InChI=1S/C14H21ClN2O/c1-3-17-12(13(15)9(2)16-17)8-14(18)7-10-4-5-11(14)6-10/h10-11,18H,3-8H2,1-2H3. The topological polar surface area (TPSA) is 38.0 Å². The van der Waals surface area contributed by atoms with Crippen molar-refractivity contribution < 1.29 is 5.11 Å². The van der Waals surface area contributed by atoms with E-state index in [1.54, 1.807) is 0 Å². The molecule has 1 aromatic heterocycles. The molecule has 3 atom stereocenters. The van der Waals surface area contributed by atoms with Crippen LogP contribution in [0.15, 0.2) is 0 Å². The highest BCUT2D eigenvalue weighted by Gasteiger charge is 2.50. The Morgan fingerprint density at radius 1 is 1.50 bits per heavy atom. The van der Waals surface area contributed by atoms with Gasteiger partial charge in [-0.15, -0.1) is 0 Å². The summed E-state index contributed by atoms with van der Waals surface area (Å²) in [5, 5.41) is 16.1. The molecule has 1 N–H and O–H groups in total. The predicted molar refractivity (Wildman–Crippen MR) is 71.7 cm³/mol. The Bertz CT molecular complexity index is 471. The van der Waals surface area contributed by atoms with Gasteiger partial charge in [-0.1, -0.05) is 11.6 Å². The van der Waals surface area contributed by atoms with Crippen molar-refractivity contribution in [2.75, 3.05) is 0 Å². The second-order valence-corrected chi connectivity index (χ2v) is 6.40. The normalized spacial score (nSPS) is 34.4. The van der Waals surface area contributed by atoms with Gasteiger partial charge in [-0.25, -0.2) is 0 Å². The van der Waals surface area contributed by atoms with Crippen molar-refractivity contribution in [3.63, 3.8) is 0 Å². The van der Waals surface area contributed by atoms with Crippen LogP contribution in [0.5, 0.6) is 0 Å². The number of hydrogen-bond acceptors (Lipinski definition) is 2. The Kier molecular flexibility index (Phi) is 2.94. The van der Waals surface area contributed by atoms with Crippen LogP contribution in [0.2, 0.25) is 5.02 Å². The monoisotopic (exact) mass is 268 g/mol.